The number of cyclic esters (lactones) is 1. The van der Waals surface area contributed by atoms with Crippen LogP contribution in [0, 0.1) is 29.1 Å². The number of oxime groups is 1. The molecule has 16 atom stereocenters. The lowest BCUT2D eigenvalue weighted by atomic mass is 9.69. The number of nitrogens with zero attached hydrogens (tertiary/aromatic N) is 1. The molecule has 0 spiro atoms. The monoisotopic (exact) mass is 701 g/mol. The number of ether oxygens (including phenoxy) is 6. The minimum Gasteiger partial charge on any atom is -0.459 e. The molecule has 0 aromatic carbocycles. The van der Waals surface area contributed by atoms with Crippen LogP contribution < -0.4 is 0 Å². The topological polar surface area (TPSA) is 186 Å². The van der Waals surface area contributed by atoms with Crippen molar-refractivity contribution in [2.24, 2.45) is 34.2 Å². The van der Waals surface area contributed by atoms with Crippen molar-refractivity contribution in [2.45, 2.75) is 168 Å². The zero-order valence-corrected chi connectivity index (χ0v) is 31.4. The molecule has 284 valence electrons. The Kier molecular flexibility index (Phi) is 13.9. The van der Waals surface area contributed by atoms with Gasteiger partial charge in [-0.15, -0.1) is 0 Å². The van der Waals surface area contributed by atoms with Crippen LogP contribution in [0.2, 0.25) is 0 Å². The summed E-state index contributed by atoms with van der Waals surface area (Å²) in [5.41, 5.74) is -3.39. The van der Waals surface area contributed by atoms with Gasteiger partial charge in [-0.05, 0) is 58.8 Å². The maximum Gasteiger partial charge on any atom is 0.311 e. The lowest BCUT2D eigenvalue weighted by Gasteiger charge is -2.48. The van der Waals surface area contributed by atoms with Gasteiger partial charge in [0, 0.05) is 25.4 Å². The quantitative estimate of drug-likeness (QED) is 0.118. The van der Waals surface area contributed by atoms with Gasteiger partial charge in [0.25, 0.3) is 0 Å². The maximum atomic E-state index is 14.1. The lowest BCUT2D eigenvalue weighted by molar-refractivity contribution is -0.306. The second kappa shape index (κ2) is 16.3. The van der Waals surface area contributed by atoms with Gasteiger partial charge in [-0.25, -0.2) is 0 Å². The molecule has 2 fully saturated rings. The molecule has 49 heavy (non-hydrogen) atoms. The molecule has 0 radical (unpaired) electrons. The Labute approximate surface area is 291 Å². The molecular formula is C36H63NO12. The second-order valence-corrected chi connectivity index (χ2v) is 15.7. The number of carbonyl (C=O) groups excluding carboxylic acids is 1. The summed E-state index contributed by atoms with van der Waals surface area (Å²) in [5.74, 6) is -3.42. The van der Waals surface area contributed by atoms with E-state index in [-0.39, 0.29) is 24.7 Å². The Morgan fingerprint density at radius 1 is 0.918 bits per heavy atom. The van der Waals surface area contributed by atoms with E-state index in [4.69, 9.17) is 28.4 Å². The van der Waals surface area contributed by atoms with Gasteiger partial charge < -0.3 is 54.1 Å². The first kappa shape index (κ1) is 41.7. The lowest BCUT2D eigenvalue weighted by Crippen LogP contribution is -2.59. The highest BCUT2D eigenvalue weighted by Crippen LogP contribution is 2.43. The number of hydrogen-bond acceptors (Lipinski definition) is 13. The number of hydrogen-bond donors (Lipinski definition) is 5. The largest absolute Gasteiger partial charge is 0.459 e. The minimum atomic E-state index is -1.90. The molecule has 0 aromatic rings. The number of rotatable bonds is 6. The molecular weight excluding hydrogens is 638 g/mol. The van der Waals surface area contributed by atoms with E-state index in [1.165, 1.54) is 14.0 Å². The number of aliphatic hydroxyl groups is 4. The molecule has 2 saturated heterocycles. The van der Waals surface area contributed by atoms with E-state index in [0.29, 0.717) is 6.42 Å². The Balaban J connectivity index is 2.18. The summed E-state index contributed by atoms with van der Waals surface area (Å²) in [6.07, 6.45) is -5.02. The van der Waals surface area contributed by atoms with Crippen molar-refractivity contribution in [1.82, 2.24) is 0 Å². The molecule has 0 aromatic heterocycles. The first-order valence-electron chi connectivity index (χ1n) is 17.7. The fourth-order valence-electron chi connectivity index (χ4n) is 8.12. The third kappa shape index (κ3) is 9.04. The molecule has 0 aliphatic carbocycles. The highest BCUT2D eigenvalue weighted by atomic mass is 16.7. The number of carbonyl (C=O) groups is 1. The third-order valence-electron chi connectivity index (χ3n) is 11.2. The molecule has 13 heteroatoms. The zero-order valence-electron chi connectivity index (χ0n) is 31.4. The van der Waals surface area contributed by atoms with Crippen molar-refractivity contribution in [2.75, 3.05) is 7.11 Å². The van der Waals surface area contributed by atoms with E-state index >= 15 is 0 Å². The minimum absolute atomic E-state index is 0.158. The van der Waals surface area contributed by atoms with Crippen LogP contribution in [0.15, 0.2) is 17.3 Å². The molecule has 0 saturated carbocycles. The van der Waals surface area contributed by atoms with Crippen LogP contribution in [0.25, 0.3) is 0 Å². The van der Waals surface area contributed by atoms with Crippen LogP contribution in [-0.4, -0.2) is 117 Å². The van der Waals surface area contributed by atoms with Crippen molar-refractivity contribution in [3.05, 3.63) is 12.2 Å². The highest BCUT2D eigenvalue weighted by Gasteiger charge is 2.52. The van der Waals surface area contributed by atoms with E-state index < -0.39 is 102 Å². The second-order valence-electron chi connectivity index (χ2n) is 15.7. The van der Waals surface area contributed by atoms with Crippen LogP contribution in [0.4, 0.5) is 0 Å². The van der Waals surface area contributed by atoms with E-state index in [9.17, 15) is 30.4 Å². The van der Waals surface area contributed by atoms with Crippen molar-refractivity contribution in [3.63, 3.8) is 0 Å². The number of aliphatic hydroxyl groups excluding tert-OH is 3. The number of esters is 1. The molecule has 3 aliphatic heterocycles. The van der Waals surface area contributed by atoms with E-state index in [2.05, 4.69) is 5.16 Å². The summed E-state index contributed by atoms with van der Waals surface area (Å²) in [6.45, 7) is 19.5. The van der Waals surface area contributed by atoms with Gasteiger partial charge in [-0.1, -0.05) is 58.9 Å². The first-order chi connectivity index (χ1) is 22.6. The summed E-state index contributed by atoms with van der Waals surface area (Å²) < 4.78 is 37.2. The van der Waals surface area contributed by atoms with E-state index in [0.717, 1.165) is 0 Å². The smallest absolute Gasteiger partial charge is 0.311 e. The predicted molar refractivity (Wildman–Crippen MR) is 181 cm³/mol. The molecule has 13 nitrogen and oxygen atoms in total. The Bertz CT molecular complexity index is 1160. The van der Waals surface area contributed by atoms with Gasteiger partial charge >= 0.3 is 5.97 Å². The van der Waals surface area contributed by atoms with Gasteiger partial charge in [0.1, 0.15) is 23.9 Å². The summed E-state index contributed by atoms with van der Waals surface area (Å²) in [5, 5.41) is 58.7. The summed E-state index contributed by atoms with van der Waals surface area (Å²) in [7, 11) is 1.51. The molecule has 1 unspecified atom stereocenters. The normalized spacial score (nSPS) is 48.2. The fraction of sp³-hybridized carbons (Fsp3) is 0.889. The van der Waals surface area contributed by atoms with Gasteiger partial charge in [0.15, 0.2) is 12.6 Å². The van der Waals surface area contributed by atoms with Gasteiger partial charge in [-0.2, -0.15) is 0 Å². The average Bonchev–Trinajstić information content (AvgIpc) is 3.03. The van der Waals surface area contributed by atoms with Crippen LogP contribution in [0.5, 0.6) is 0 Å². The Morgan fingerprint density at radius 2 is 1.55 bits per heavy atom. The molecule has 0 bridgehead atoms. The first-order valence-corrected chi connectivity index (χ1v) is 17.7. The zero-order chi connectivity index (χ0) is 37.2. The summed E-state index contributed by atoms with van der Waals surface area (Å²) in [6, 6.07) is 0. The molecule has 3 aliphatic rings. The average molecular weight is 702 g/mol. The van der Waals surface area contributed by atoms with Gasteiger partial charge in [0.2, 0.25) is 0 Å². The van der Waals surface area contributed by atoms with Gasteiger partial charge in [-0.3, -0.25) is 4.79 Å². The molecule has 5 N–H and O–H groups in total. The Hall–Kier alpha value is -1.68. The summed E-state index contributed by atoms with van der Waals surface area (Å²) >= 11 is 0. The summed E-state index contributed by atoms with van der Waals surface area (Å²) in [4.78, 5) is 14.1. The van der Waals surface area contributed by atoms with Crippen LogP contribution in [0.1, 0.15) is 95.4 Å². The van der Waals surface area contributed by atoms with Crippen LogP contribution >= 0.6 is 0 Å². The van der Waals surface area contributed by atoms with Crippen molar-refractivity contribution in [1.29, 1.82) is 0 Å². The predicted octanol–water partition coefficient (Wildman–Crippen LogP) is 3.56. The van der Waals surface area contributed by atoms with Crippen molar-refractivity contribution < 1.29 is 58.8 Å². The maximum absolute atomic E-state index is 14.1. The van der Waals surface area contributed by atoms with E-state index in [1.54, 1.807) is 46.8 Å². The van der Waals surface area contributed by atoms with Crippen molar-refractivity contribution in [3.8, 4) is 0 Å². The van der Waals surface area contributed by atoms with Crippen LogP contribution in [-0.2, 0) is 33.2 Å². The SMILES string of the molecule is CC[C@H]1OC(=O)[C@H](C)[C@@H](OC2C[C@@](C)(OC)[C@@H](O)[C@H](C)O2)[C@H](C)[C@@H](O[C@@H]2O[C@H](C)C=C[C@H]2O)C(C)(C)C[C@@H](C)/C(=N\O)[C@H](C)[C@@H](O)[C@]1(C)O. The van der Waals surface area contributed by atoms with Crippen molar-refractivity contribution >= 4 is 11.7 Å². The molecule has 0 amide bonds. The Morgan fingerprint density at radius 3 is 2.12 bits per heavy atom. The standard InChI is InChI=1S/C36H63NO12/c1-13-25-36(11,42)29(39)20(4)27(37-43)18(2)16-34(8,9)31(49-33-24(38)15-14-19(3)45-33)21(5)28(22(6)32(41)47-25)48-26-17-35(10,44-12)30(40)23(7)46-26/h14-15,18-26,28-31,33,38-40,42-43H,13,16-17H2,1-12H3/b37-27+/t18-,19-,20+,21+,22-,23+,24-,25-,26?,28+,29-,30+,31-,33+,35-,36-/m1/s1. The van der Waals surface area contributed by atoms with E-state index in [1.807, 2.05) is 34.6 Å². The molecule has 3 rings (SSSR count). The third-order valence-corrected chi connectivity index (χ3v) is 11.2. The highest BCUT2D eigenvalue weighted by molar-refractivity contribution is 5.88. The van der Waals surface area contributed by atoms with Crippen LogP contribution in [0.3, 0.4) is 0 Å². The van der Waals surface area contributed by atoms with Gasteiger partial charge in [0.05, 0.1) is 47.8 Å². The number of methoxy groups -OCH3 is 1. The molecule has 3 heterocycles. The fourth-order valence-corrected chi connectivity index (χ4v) is 8.12.